The van der Waals surface area contributed by atoms with Crippen molar-refractivity contribution >= 4 is 63.5 Å². The van der Waals surface area contributed by atoms with Gasteiger partial charge in [0.25, 0.3) is 0 Å². The average Bonchev–Trinajstić information content (AvgIpc) is 2.73. The van der Waals surface area contributed by atoms with E-state index in [-0.39, 0.29) is 53.3 Å². The van der Waals surface area contributed by atoms with Gasteiger partial charge in [-0.3, -0.25) is 0 Å². The van der Waals surface area contributed by atoms with Crippen molar-refractivity contribution in [2.75, 3.05) is 45.9 Å². The fourth-order valence-electron chi connectivity index (χ4n) is 2.17. The Morgan fingerprint density at radius 2 is 1.17 bits per heavy atom. The van der Waals surface area contributed by atoms with Gasteiger partial charge >= 0.3 is 122 Å². The number of nitrogens with one attached hydrogen (secondary N) is 1. The largest absolute Gasteiger partial charge is 1.00 e. The van der Waals surface area contributed by atoms with Gasteiger partial charge in [-0.2, -0.15) is 14.2 Å². The molecule has 0 aromatic heterocycles. The van der Waals surface area contributed by atoms with Gasteiger partial charge < -0.3 is 20.6 Å². The van der Waals surface area contributed by atoms with Crippen molar-refractivity contribution in [2.45, 2.75) is 75.9 Å². The Bertz CT molecular complexity index is 196. The van der Waals surface area contributed by atoms with E-state index in [1.165, 1.54) is 44.0 Å². The third-order valence-electron chi connectivity index (χ3n) is 3.02. The first-order valence-electron chi connectivity index (χ1n) is 9.71. The van der Waals surface area contributed by atoms with Crippen LogP contribution in [0.15, 0.2) is 0 Å². The number of hydrogen-bond acceptors (Lipinski definition) is 5. The summed E-state index contributed by atoms with van der Waals surface area (Å²) in [6, 6.07) is 1.39. The molecule has 0 aromatic carbocycles. The first-order valence-corrected chi connectivity index (χ1v) is 12.7. The molecule has 0 amide bonds. The molecular formula is C19H46Cl2ILi2N2NaO3. The fourth-order valence-corrected chi connectivity index (χ4v) is 2.17. The maximum absolute atomic E-state index is 8.25. The minimum atomic E-state index is -0.222. The van der Waals surface area contributed by atoms with Crippen LogP contribution in [0.5, 0.6) is 0 Å². The van der Waals surface area contributed by atoms with E-state index in [0.29, 0.717) is 12.1 Å². The van der Waals surface area contributed by atoms with Crippen molar-refractivity contribution in [3.8, 4) is 0 Å². The van der Waals surface area contributed by atoms with E-state index in [1.807, 2.05) is 4.93 Å². The predicted octanol–water partition coefficient (Wildman–Crippen LogP) is -3.12. The Kier molecular flexibility index (Phi) is 105. The van der Waals surface area contributed by atoms with Gasteiger partial charge in [-0.1, -0.05) is 29.0 Å². The summed E-state index contributed by atoms with van der Waals surface area (Å²) in [5, 5.41) is 28.0. The molecule has 1 rings (SSSR count). The summed E-state index contributed by atoms with van der Waals surface area (Å²) >= 11 is 14.5. The zero-order chi connectivity index (χ0) is 24.0. The molecule has 1 saturated heterocycles. The summed E-state index contributed by atoms with van der Waals surface area (Å²) in [6.07, 6.45) is 4.22. The Labute approximate surface area is 256 Å². The van der Waals surface area contributed by atoms with Crippen molar-refractivity contribution in [3.05, 3.63) is 0 Å². The second kappa shape index (κ2) is 58.3. The van der Waals surface area contributed by atoms with Gasteiger partial charge in [0.15, 0.2) is 0 Å². The molecular weight excluding hydrogens is 539 g/mol. The number of alkyl halides is 3. The molecule has 0 saturated carbocycles. The van der Waals surface area contributed by atoms with Crippen LogP contribution < -0.4 is 63.9 Å². The molecule has 0 unspecified atom stereocenters. The van der Waals surface area contributed by atoms with Crippen molar-refractivity contribution < 1.29 is 63.7 Å². The molecule has 30 heavy (non-hydrogen) atoms. The Morgan fingerprint density at radius 3 is 1.23 bits per heavy atom. The molecule has 0 aliphatic carbocycles. The third-order valence-corrected chi connectivity index (χ3v) is 3.02. The van der Waals surface area contributed by atoms with Crippen LogP contribution in [-0.4, -0.2) is 90.5 Å². The number of halogens is 3. The van der Waals surface area contributed by atoms with Gasteiger partial charge in [-0.05, 0) is 37.8 Å². The SMILES string of the molecule is C1CCNCC1.CC(Cl)Cl.CI.CO.C[O-].C[O-].[Li+].[Li][CH2]CN(C(C)C)C(C)C.[Na+]. The summed E-state index contributed by atoms with van der Waals surface area (Å²) in [7, 11) is 2.50. The van der Waals surface area contributed by atoms with Gasteiger partial charge in [-0.15, -0.1) is 23.2 Å². The van der Waals surface area contributed by atoms with E-state index in [4.69, 9.17) is 38.5 Å². The average molecular weight is 585 g/mol. The molecule has 0 radical (unpaired) electrons. The normalized spacial score (nSPS) is 10.8. The standard InChI is InChI=1S/C8H18N.C5H11N.C2H4Cl2.CH3I.CH4O.2CH3O.2Li.Na/c1-6-9(7(2)3)8(4)5;1-2-4-6-5-3-1;1-2(3)4;4*1-2;;;/h7-8H,1,6H2,2-5H3;6H,1-5H2;2H,1H3;1H3;2H,1H3;2*1H3;;;/q;;;;;2*-1;;2*+1. The minimum absolute atomic E-state index is 0. The van der Waals surface area contributed by atoms with Crippen molar-refractivity contribution in [3.63, 3.8) is 0 Å². The monoisotopic (exact) mass is 584 g/mol. The molecule has 11 heteroatoms. The molecule has 0 bridgehead atoms. The molecule has 1 fully saturated rings. The number of hydrogen-bond donors (Lipinski definition) is 2. The number of nitrogens with zero attached hydrogens (tertiary/aromatic N) is 1. The van der Waals surface area contributed by atoms with E-state index in [0.717, 1.165) is 21.3 Å². The van der Waals surface area contributed by atoms with Crippen molar-refractivity contribution in [1.82, 2.24) is 10.2 Å². The molecule has 1 aliphatic rings. The number of rotatable bonds is 4. The van der Waals surface area contributed by atoms with E-state index < -0.39 is 0 Å². The summed E-state index contributed by atoms with van der Waals surface area (Å²) < 4.78 is 0. The van der Waals surface area contributed by atoms with Gasteiger partial charge in [0.2, 0.25) is 0 Å². The maximum atomic E-state index is 8.25. The zero-order valence-corrected chi connectivity index (χ0v) is 27.7. The van der Waals surface area contributed by atoms with Gasteiger partial charge in [-0.25, -0.2) is 0 Å². The van der Waals surface area contributed by atoms with Crippen LogP contribution >= 0.6 is 45.8 Å². The number of aliphatic hydroxyl groups excluding tert-OH is 1. The Hall–Kier alpha value is 3.30. The van der Waals surface area contributed by atoms with E-state index >= 15 is 0 Å². The quantitative estimate of drug-likeness (QED) is 0.208. The Balaban J connectivity index is -0.0000000351. The van der Waals surface area contributed by atoms with Gasteiger partial charge in [0.1, 0.15) is 4.84 Å². The predicted molar refractivity (Wildman–Crippen MR) is 135 cm³/mol. The smallest absolute Gasteiger partial charge is 1.00 e. The zero-order valence-electron chi connectivity index (χ0n) is 22.0. The van der Waals surface area contributed by atoms with E-state index in [1.54, 1.807) is 6.92 Å². The summed E-state index contributed by atoms with van der Waals surface area (Å²) in [5.41, 5.74) is 0. The molecule has 0 spiro atoms. The maximum Gasteiger partial charge on any atom is 1.00 e. The molecule has 5 nitrogen and oxygen atoms in total. The van der Waals surface area contributed by atoms with Crippen LogP contribution in [-0.2, 0) is 0 Å². The molecule has 1 aliphatic heterocycles. The fraction of sp³-hybridized carbons (Fsp3) is 1.00. The number of aliphatic hydroxyl groups is 1. The van der Waals surface area contributed by atoms with Crippen LogP contribution in [0.3, 0.4) is 0 Å². The first kappa shape index (κ1) is 54.3. The second-order valence-corrected chi connectivity index (χ2v) is 7.29. The van der Waals surface area contributed by atoms with Crippen LogP contribution in [0.4, 0.5) is 0 Å². The van der Waals surface area contributed by atoms with Crippen LogP contribution in [0, 0.1) is 0 Å². The van der Waals surface area contributed by atoms with Crippen LogP contribution in [0.2, 0.25) is 5.09 Å². The van der Waals surface area contributed by atoms with E-state index in [2.05, 4.69) is 78.2 Å². The molecule has 1 heterocycles. The molecule has 0 atom stereocenters. The summed E-state index contributed by atoms with van der Waals surface area (Å²) in [5.74, 6) is 0. The van der Waals surface area contributed by atoms with Gasteiger partial charge in [0, 0.05) is 7.11 Å². The van der Waals surface area contributed by atoms with Crippen molar-refractivity contribution in [2.24, 2.45) is 0 Å². The Morgan fingerprint density at radius 1 is 0.900 bits per heavy atom. The van der Waals surface area contributed by atoms with Gasteiger partial charge in [0.05, 0.1) is 0 Å². The minimum Gasteiger partial charge on any atom is 1.00 e. The molecule has 174 valence electrons. The van der Waals surface area contributed by atoms with Crippen LogP contribution in [0.25, 0.3) is 0 Å². The topological polar surface area (TPSA) is 81.6 Å². The molecule has 2 N–H and O–H groups in total. The first-order chi connectivity index (χ1) is 13.3. The summed E-state index contributed by atoms with van der Waals surface area (Å²) in [6.45, 7) is 14.5. The third kappa shape index (κ3) is 69.7. The van der Waals surface area contributed by atoms with E-state index in [9.17, 15) is 0 Å². The molecule has 0 aromatic rings. The second-order valence-electron chi connectivity index (χ2n) is 5.75. The van der Waals surface area contributed by atoms with Crippen molar-refractivity contribution in [1.29, 1.82) is 0 Å². The summed E-state index contributed by atoms with van der Waals surface area (Å²) in [4.78, 5) is 4.26. The number of piperidine rings is 1. The van der Waals surface area contributed by atoms with Crippen LogP contribution in [0.1, 0.15) is 53.9 Å².